The first-order valence-electron chi connectivity index (χ1n) is 6.04. The molecule has 0 bridgehead atoms. The molecule has 17 heavy (non-hydrogen) atoms. The van der Waals surface area contributed by atoms with Gasteiger partial charge in [-0.2, -0.15) is 0 Å². The van der Waals surface area contributed by atoms with Gasteiger partial charge in [-0.15, -0.1) is 0 Å². The lowest BCUT2D eigenvalue weighted by molar-refractivity contribution is 0.0699. The third-order valence-corrected chi connectivity index (χ3v) is 3.58. The Bertz CT molecular complexity index is 610. The maximum absolute atomic E-state index is 11.3. The molecule has 3 heteroatoms. The first-order valence-corrected chi connectivity index (χ1v) is 6.04. The Kier molecular flexibility index (Phi) is 2.21. The standard InChI is InChI=1S/C14H15NO2/c1-8-6-10-9-4-2-3-5-12(9)15-13(10)11(7-8)14(16)17/h6-7,15H,2-5H2,1H3,(H,16,17). The van der Waals surface area contributed by atoms with E-state index in [1.54, 1.807) is 6.07 Å². The minimum absolute atomic E-state index is 0.398. The van der Waals surface area contributed by atoms with Gasteiger partial charge >= 0.3 is 5.97 Å². The molecule has 0 spiro atoms. The summed E-state index contributed by atoms with van der Waals surface area (Å²) in [6.07, 6.45) is 4.51. The molecule has 0 saturated heterocycles. The Hall–Kier alpha value is -1.77. The molecule has 2 aromatic rings. The first kappa shape index (κ1) is 10.4. The number of hydrogen-bond donors (Lipinski definition) is 2. The number of aromatic carboxylic acids is 1. The van der Waals surface area contributed by atoms with Crippen molar-refractivity contribution < 1.29 is 9.90 Å². The van der Waals surface area contributed by atoms with Crippen molar-refractivity contribution in [2.45, 2.75) is 32.6 Å². The third-order valence-electron chi connectivity index (χ3n) is 3.58. The van der Waals surface area contributed by atoms with E-state index in [0.29, 0.717) is 5.56 Å². The van der Waals surface area contributed by atoms with Crippen molar-refractivity contribution >= 4 is 16.9 Å². The summed E-state index contributed by atoms with van der Waals surface area (Å²) in [4.78, 5) is 14.6. The monoisotopic (exact) mass is 229 g/mol. The van der Waals surface area contributed by atoms with Gasteiger partial charge in [0.15, 0.2) is 0 Å². The smallest absolute Gasteiger partial charge is 0.337 e. The molecule has 2 N–H and O–H groups in total. The number of fused-ring (bicyclic) bond motifs is 3. The topological polar surface area (TPSA) is 53.1 Å². The Morgan fingerprint density at radius 3 is 2.82 bits per heavy atom. The molecule has 0 radical (unpaired) electrons. The maximum Gasteiger partial charge on any atom is 0.337 e. The number of hydrogen-bond acceptors (Lipinski definition) is 1. The van der Waals surface area contributed by atoms with Crippen LogP contribution in [-0.4, -0.2) is 16.1 Å². The van der Waals surface area contributed by atoms with E-state index in [2.05, 4.69) is 11.1 Å². The number of H-pyrrole nitrogens is 1. The number of nitrogens with one attached hydrogen (secondary N) is 1. The molecule has 88 valence electrons. The summed E-state index contributed by atoms with van der Waals surface area (Å²) in [5, 5.41) is 10.4. The minimum Gasteiger partial charge on any atom is -0.478 e. The lowest BCUT2D eigenvalue weighted by Crippen LogP contribution is -1.99. The van der Waals surface area contributed by atoms with Crippen molar-refractivity contribution in [3.63, 3.8) is 0 Å². The Morgan fingerprint density at radius 2 is 2.06 bits per heavy atom. The molecule has 0 amide bonds. The molecule has 1 heterocycles. The van der Waals surface area contributed by atoms with E-state index in [9.17, 15) is 9.90 Å². The van der Waals surface area contributed by atoms with Gasteiger partial charge in [0, 0.05) is 11.1 Å². The fourth-order valence-electron chi connectivity index (χ4n) is 2.82. The molecule has 3 nitrogen and oxygen atoms in total. The molecular formula is C14H15NO2. The van der Waals surface area contributed by atoms with Crippen LogP contribution in [0.3, 0.4) is 0 Å². The highest BCUT2D eigenvalue weighted by Gasteiger charge is 2.19. The van der Waals surface area contributed by atoms with Gasteiger partial charge in [0.05, 0.1) is 11.1 Å². The zero-order chi connectivity index (χ0) is 12.0. The summed E-state index contributed by atoms with van der Waals surface area (Å²) < 4.78 is 0. The maximum atomic E-state index is 11.3. The molecule has 0 unspecified atom stereocenters. The van der Waals surface area contributed by atoms with Gasteiger partial charge in [0.2, 0.25) is 0 Å². The molecule has 0 aliphatic heterocycles. The summed E-state index contributed by atoms with van der Waals surface area (Å²) in [5.74, 6) is -0.850. The molecule has 1 aliphatic rings. The van der Waals surface area contributed by atoms with Crippen LogP contribution in [0.4, 0.5) is 0 Å². The normalized spacial score (nSPS) is 14.9. The molecule has 0 fully saturated rings. The van der Waals surface area contributed by atoms with E-state index in [1.807, 2.05) is 6.92 Å². The molecule has 1 aromatic carbocycles. The lowest BCUT2D eigenvalue weighted by atomic mass is 9.94. The first-order chi connectivity index (χ1) is 8.16. The van der Waals surface area contributed by atoms with Crippen LogP contribution in [0.2, 0.25) is 0 Å². The molecule has 1 aromatic heterocycles. The van der Waals surface area contributed by atoms with Crippen molar-refractivity contribution in [3.05, 3.63) is 34.5 Å². The van der Waals surface area contributed by atoms with Crippen LogP contribution in [0.5, 0.6) is 0 Å². The van der Waals surface area contributed by atoms with E-state index in [0.717, 1.165) is 29.3 Å². The van der Waals surface area contributed by atoms with Crippen LogP contribution in [-0.2, 0) is 12.8 Å². The summed E-state index contributed by atoms with van der Waals surface area (Å²) in [7, 11) is 0. The van der Waals surface area contributed by atoms with Gasteiger partial charge in [-0.25, -0.2) is 4.79 Å². The zero-order valence-corrected chi connectivity index (χ0v) is 9.84. The summed E-state index contributed by atoms with van der Waals surface area (Å²) in [5.41, 5.74) is 4.78. The van der Waals surface area contributed by atoms with E-state index in [-0.39, 0.29) is 0 Å². The SMILES string of the molecule is Cc1cc(C(=O)O)c2[nH]c3c(c2c1)CCCC3. The van der Waals surface area contributed by atoms with Crippen molar-refractivity contribution in [3.8, 4) is 0 Å². The number of benzene rings is 1. The van der Waals surface area contributed by atoms with Crippen molar-refractivity contribution in [2.24, 2.45) is 0 Å². The van der Waals surface area contributed by atoms with E-state index in [4.69, 9.17) is 0 Å². The van der Waals surface area contributed by atoms with Crippen LogP contribution in [0.1, 0.15) is 40.0 Å². The second-order valence-electron chi connectivity index (χ2n) is 4.83. The number of rotatable bonds is 1. The van der Waals surface area contributed by atoms with Crippen LogP contribution >= 0.6 is 0 Å². The number of aromatic nitrogens is 1. The number of aryl methyl sites for hydroxylation is 3. The van der Waals surface area contributed by atoms with Crippen LogP contribution in [0.25, 0.3) is 10.9 Å². The van der Waals surface area contributed by atoms with Gasteiger partial charge in [-0.3, -0.25) is 0 Å². The zero-order valence-electron chi connectivity index (χ0n) is 9.84. The van der Waals surface area contributed by atoms with Gasteiger partial charge in [-0.05, 0) is 55.9 Å². The Morgan fingerprint density at radius 1 is 1.29 bits per heavy atom. The second kappa shape index (κ2) is 3.62. The van der Waals surface area contributed by atoms with Crippen LogP contribution in [0, 0.1) is 6.92 Å². The molecule has 0 atom stereocenters. The van der Waals surface area contributed by atoms with E-state index < -0.39 is 5.97 Å². The molecule has 1 aliphatic carbocycles. The Balaban J connectivity index is 2.36. The van der Waals surface area contributed by atoms with Gasteiger partial charge in [0.1, 0.15) is 0 Å². The van der Waals surface area contributed by atoms with Crippen molar-refractivity contribution in [1.29, 1.82) is 0 Å². The highest BCUT2D eigenvalue weighted by Crippen LogP contribution is 2.31. The Labute approximate surface area is 99.5 Å². The largest absolute Gasteiger partial charge is 0.478 e. The highest BCUT2D eigenvalue weighted by atomic mass is 16.4. The lowest BCUT2D eigenvalue weighted by Gasteiger charge is -2.10. The average molecular weight is 229 g/mol. The number of carboxylic acids is 1. The van der Waals surface area contributed by atoms with Gasteiger partial charge in [0.25, 0.3) is 0 Å². The number of carbonyl (C=O) groups is 1. The van der Waals surface area contributed by atoms with Crippen LogP contribution < -0.4 is 0 Å². The molecule has 3 rings (SSSR count). The third kappa shape index (κ3) is 1.54. The minimum atomic E-state index is -0.850. The quantitative estimate of drug-likeness (QED) is 0.789. The summed E-state index contributed by atoms with van der Waals surface area (Å²) in [6, 6.07) is 3.84. The predicted molar refractivity (Wildman–Crippen MR) is 66.6 cm³/mol. The van der Waals surface area contributed by atoms with Crippen molar-refractivity contribution in [1.82, 2.24) is 4.98 Å². The number of aromatic amines is 1. The van der Waals surface area contributed by atoms with Crippen LogP contribution in [0.15, 0.2) is 12.1 Å². The highest BCUT2D eigenvalue weighted by molar-refractivity contribution is 6.03. The average Bonchev–Trinajstić information content (AvgIpc) is 2.66. The van der Waals surface area contributed by atoms with E-state index in [1.165, 1.54) is 24.1 Å². The summed E-state index contributed by atoms with van der Waals surface area (Å²) >= 11 is 0. The van der Waals surface area contributed by atoms with E-state index >= 15 is 0 Å². The second-order valence-corrected chi connectivity index (χ2v) is 4.83. The molecular weight excluding hydrogens is 214 g/mol. The predicted octanol–water partition coefficient (Wildman–Crippen LogP) is 3.05. The number of carboxylic acid groups (broad SMARTS) is 1. The van der Waals surface area contributed by atoms with Crippen molar-refractivity contribution in [2.75, 3.05) is 0 Å². The fraction of sp³-hybridized carbons (Fsp3) is 0.357. The van der Waals surface area contributed by atoms with Gasteiger partial charge in [-0.1, -0.05) is 0 Å². The molecule has 0 saturated carbocycles. The summed E-state index contributed by atoms with van der Waals surface area (Å²) in [6.45, 7) is 1.95. The van der Waals surface area contributed by atoms with Gasteiger partial charge < -0.3 is 10.1 Å². The fourth-order valence-corrected chi connectivity index (χ4v) is 2.82.